The van der Waals surface area contributed by atoms with Crippen LogP contribution in [0.2, 0.25) is 5.02 Å². The zero-order valence-corrected chi connectivity index (χ0v) is 11.7. The minimum atomic E-state index is -0.586. The standard InChI is InChI=1S/C14H14ClN3O2/c1-2-16-14-17-12(9-19)6-7-18(14)13(20)10-4-3-5-11(15)8-10/h3-9,14,16H,2H2,1H3. The van der Waals surface area contributed by atoms with Gasteiger partial charge < -0.3 is 0 Å². The van der Waals surface area contributed by atoms with Crippen molar-refractivity contribution in [1.29, 1.82) is 0 Å². The maximum Gasteiger partial charge on any atom is 0.260 e. The Morgan fingerprint density at radius 3 is 3.00 bits per heavy atom. The van der Waals surface area contributed by atoms with E-state index in [1.54, 1.807) is 30.5 Å². The number of nitrogens with zero attached hydrogens (tertiary/aromatic N) is 2. The van der Waals surface area contributed by atoms with Gasteiger partial charge in [-0.2, -0.15) is 0 Å². The van der Waals surface area contributed by atoms with Gasteiger partial charge in [-0.25, -0.2) is 4.99 Å². The molecule has 0 radical (unpaired) electrons. The largest absolute Gasteiger partial charge is 0.296 e. The number of hydrogen-bond acceptors (Lipinski definition) is 4. The van der Waals surface area contributed by atoms with E-state index in [2.05, 4.69) is 10.3 Å². The third-order valence-electron chi connectivity index (χ3n) is 2.75. The maximum absolute atomic E-state index is 12.5. The van der Waals surface area contributed by atoms with Gasteiger partial charge in [0.1, 0.15) is 5.71 Å². The van der Waals surface area contributed by atoms with Gasteiger partial charge in [0, 0.05) is 16.8 Å². The molecular formula is C14H14ClN3O2. The molecule has 2 rings (SSSR count). The smallest absolute Gasteiger partial charge is 0.260 e. The molecule has 1 aromatic rings. The fraction of sp³-hybridized carbons (Fsp3) is 0.214. The van der Waals surface area contributed by atoms with Crippen LogP contribution in [0, 0.1) is 0 Å². The highest BCUT2D eigenvalue weighted by Crippen LogP contribution is 2.16. The SMILES string of the molecule is CCNC1N=C(C=O)C=CN1C(=O)c1cccc(Cl)c1. The molecule has 1 atom stereocenters. The number of aliphatic imine (C=N–C) groups is 1. The van der Waals surface area contributed by atoms with Crippen molar-refractivity contribution in [2.24, 2.45) is 4.99 Å². The van der Waals surface area contributed by atoms with Crippen molar-refractivity contribution in [1.82, 2.24) is 10.2 Å². The number of amides is 1. The summed E-state index contributed by atoms with van der Waals surface area (Å²) >= 11 is 5.89. The van der Waals surface area contributed by atoms with Crippen molar-refractivity contribution in [3.05, 3.63) is 47.1 Å². The van der Waals surface area contributed by atoms with E-state index >= 15 is 0 Å². The Morgan fingerprint density at radius 2 is 2.35 bits per heavy atom. The van der Waals surface area contributed by atoms with Crippen molar-refractivity contribution in [3.63, 3.8) is 0 Å². The van der Waals surface area contributed by atoms with Gasteiger partial charge in [-0.05, 0) is 30.8 Å². The number of nitrogens with one attached hydrogen (secondary N) is 1. The Hall–Kier alpha value is -1.98. The third kappa shape index (κ3) is 3.12. The molecule has 0 saturated carbocycles. The highest BCUT2D eigenvalue weighted by molar-refractivity contribution is 6.34. The van der Waals surface area contributed by atoms with Crippen molar-refractivity contribution in [2.45, 2.75) is 13.2 Å². The Kier molecular flexibility index (Phi) is 4.65. The number of halogens is 1. The first-order chi connectivity index (χ1) is 9.65. The molecule has 1 N–H and O–H groups in total. The predicted octanol–water partition coefficient (Wildman–Crippen LogP) is 1.84. The number of carbonyl (C=O) groups excluding carboxylic acids is 2. The van der Waals surface area contributed by atoms with Gasteiger partial charge in [0.25, 0.3) is 5.91 Å². The van der Waals surface area contributed by atoms with E-state index in [0.717, 1.165) is 0 Å². The highest BCUT2D eigenvalue weighted by Gasteiger charge is 2.24. The minimum absolute atomic E-state index is 0.233. The van der Waals surface area contributed by atoms with Crippen LogP contribution in [0.4, 0.5) is 0 Å². The van der Waals surface area contributed by atoms with E-state index in [-0.39, 0.29) is 5.91 Å². The fourth-order valence-corrected chi connectivity index (χ4v) is 2.02. The number of benzene rings is 1. The molecule has 1 aliphatic heterocycles. The Balaban J connectivity index is 2.26. The average Bonchev–Trinajstić information content (AvgIpc) is 2.47. The van der Waals surface area contributed by atoms with Crippen molar-refractivity contribution >= 4 is 29.5 Å². The molecule has 0 spiro atoms. The minimum Gasteiger partial charge on any atom is -0.296 e. The molecule has 0 fully saturated rings. The van der Waals surface area contributed by atoms with Crippen molar-refractivity contribution in [2.75, 3.05) is 6.54 Å². The first-order valence-electron chi connectivity index (χ1n) is 6.18. The molecule has 1 amide bonds. The molecule has 6 heteroatoms. The number of allylic oxidation sites excluding steroid dienone is 1. The van der Waals surface area contributed by atoms with Gasteiger partial charge in [-0.15, -0.1) is 0 Å². The van der Waals surface area contributed by atoms with Gasteiger partial charge in [-0.3, -0.25) is 19.8 Å². The Labute approximate surface area is 121 Å². The van der Waals surface area contributed by atoms with Crippen LogP contribution in [0.5, 0.6) is 0 Å². The molecule has 104 valence electrons. The second-order valence-corrected chi connectivity index (χ2v) is 4.58. The van der Waals surface area contributed by atoms with Crippen molar-refractivity contribution in [3.8, 4) is 0 Å². The van der Waals surface area contributed by atoms with Crippen LogP contribution in [-0.4, -0.2) is 35.6 Å². The summed E-state index contributed by atoms with van der Waals surface area (Å²) in [5, 5.41) is 3.53. The molecular weight excluding hydrogens is 278 g/mol. The summed E-state index contributed by atoms with van der Waals surface area (Å²) in [5.74, 6) is -0.233. The van der Waals surface area contributed by atoms with Crippen LogP contribution in [0.1, 0.15) is 17.3 Å². The number of hydrogen-bond donors (Lipinski definition) is 1. The Bertz CT molecular complexity index is 584. The van der Waals surface area contributed by atoms with Gasteiger partial charge in [0.2, 0.25) is 0 Å². The Morgan fingerprint density at radius 1 is 1.55 bits per heavy atom. The van der Waals surface area contributed by atoms with Crippen LogP contribution in [0.25, 0.3) is 0 Å². The highest BCUT2D eigenvalue weighted by atomic mass is 35.5. The summed E-state index contributed by atoms with van der Waals surface area (Å²) in [6.07, 6.45) is 3.12. The number of aldehydes is 1. The topological polar surface area (TPSA) is 61.8 Å². The summed E-state index contributed by atoms with van der Waals surface area (Å²) in [6, 6.07) is 6.70. The second-order valence-electron chi connectivity index (χ2n) is 4.14. The van der Waals surface area contributed by atoms with Crippen LogP contribution in [0.3, 0.4) is 0 Å². The third-order valence-corrected chi connectivity index (χ3v) is 2.99. The molecule has 1 heterocycles. The van der Waals surface area contributed by atoms with Gasteiger partial charge in [0.05, 0.1) is 0 Å². The van der Waals surface area contributed by atoms with E-state index in [9.17, 15) is 9.59 Å². The zero-order valence-electron chi connectivity index (χ0n) is 10.9. The zero-order chi connectivity index (χ0) is 14.5. The molecule has 1 unspecified atom stereocenters. The van der Waals surface area contributed by atoms with E-state index in [4.69, 9.17) is 11.6 Å². The van der Waals surface area contributed by atoms with E-state index < -0.39 is 6.29 Å². The summed E-state index contributed by atoms with van der Waals surface area (Å²) < 4.78 is 0. The summed E-state index contributed by atoms with van der Waals surface area (Å²) in [7, 11) is 0. The van der Waals surface area contributed by atoms with Gasteiger partial charge in [0.15, 0.2) is 12.6 Å². The van der Waals surface area contributed by atoms with Gasteiger partial charge >= 0.3 is 0 Å². The molecule has 0 saturated heterocycles. The summed E-state index contributed by atoms with van der Waals surface area (Å²) in [5.41, 5.74) is 0.765. The lowest BCUT2D eigenvalue weighted by molar-refractivity contribution is -0.102. The molecule has 20 heavy (non-hydrogen) atoms. The lowest BCUT2D eigenvalue weighted by atomic mass is 10.2. The fourth-order valence-electron chi connectivity index (χ4n) is 1.83. The maximum atomic E-state index is 12.5. The quantitative estimate of drug-likeness (QED) is 0.861. The van der Waals surface area contributed by atoms with Crippen LogP contribution >= 0.6 is 11.6 Å². The predicted molar refractivity (Wildman–Crippen MR) is 77.7 cm³/mol. The normalized spacial score (nSPS) is 17.8. The van der Waals surface area contributed by atoms with Crippen molar-refractivity contribution < 1.29 is 9.59 Å². The van der Waals surface area contributed by atoms with Gasteiger partial charge in [-0.1, -0.05) is 24.6 Å². The molecule has 0 bridgehead atoms. The molecule has 0 aromatic heterocycles. The summed E-state index contributed by atoms with van der Waals surface area (Å²) in [6.45, 7) is 2.52. The van der Waals surface area contributed by atoms with Crippen LogP contribution in [-0.2, 0) is 4.79 Å². The average molecular weight is 292 g/mol. The first-order valence-corrected chi connectivity index (χ1v) is 6.56. The molecule has 1 aromatic carbocycles. The second kappa shape index (κ2) is 6.45. The van der Waals surface area contributed by atoms with Crippen LogP contribution in [0.15, 0.2) is 41.5 Å². The molecule has 0 aliphatic carbocycles. The molecule has 1 aliphatic rings. The lowest BCUT2D eigenvalue weighted by Gasteiger charge is -2.29. The number of rotatable bonds is 4. The van der Waals surface area contributed by atoms with E-state index in [1.165, 1.54) is 11.0 Å². The first kappa shape index (κ1) is 14.4. The summed E-state index contributed by atoms with van der Waals surface area (Å²) in [4.78, 5) is 28.8. The molecule has 5 nitrogen and oxygen atoms in total. The van der Waals surface area contributed by atoms with Crippen LogP contribution < -0.4 is 5.32 Å². The lowest BCUT2D eigenvalue weighted by Crippen LogP contribution is -2.46. The monoisotopic (exact) mass is 291 g/mol. The number of carbonyl (C=O) groups is 2. The van der Waals surface area contributed by atoms with E-state index in [0.29, 0.717) is 29.1 Å². The van der Waals surface area contributed by atoms with E-state index in [1.807, 2.05) is 6.92 Å².